The molecule has 7 nitrogen and oxygen atoms in total. The maximum Gasteiger partial charge on any atom is 0.239 e. The molecule has 2 aromatic rings. The third-order valence-electron chi connectivity index (χ3n) is 2.49. The molecule has 18 heavy (non-hydrogen) atoms. The zero-order chi connectivity index (χ0) is 13.1. The fraction of sp³-hybridized carbons (Fsp3) is 0.364. The van der Waals surface area contributed by atoms with Gasteiger partial charge in [0.25, 0.3) is 0 Å². The molecular formula is C11H17N7. The number of aryl methyl sites for hydroxylation is 3. The van der Waals surface area contributed by atoms with Crippen molar-refractivity contribution in [2.75, 3.05) is 10.7 Å². The van der Waals surface area contributed by atoms with Crippen LogP contribution < -0.4 is 16.6 Å². The summed E-state index contributed by atoms with van der Waals surface area (Å²) in [6.07, 6.45) is 2.78. The molecule has 0 atom stereocenters. The van der Waals surface area contributed by atoms with Gasteiger partial charge in [-0.05, 0) is 13.3 Å². The molecule has 7 heteroatoms. The number of nitrogens with two attached hydrogens (primary N) is 1. The zero-order valence-electron chi connectivity index (χ0n) is 10.7. The Kier molecular flexibility index (Phi) is 3.42. The van der Waals surface area contributed by atoms with E-state index in [9.17, 15) is 0 Å². The summed E-state index contributed by atoms with van der Waals surface area (Å²) in [7, 11) is 1.89. The average molecular weight is 247 g/mol. The van der Waals surface area contributed by atoms with Crippen LogP contribution in [-0.2, 0) is 13.5 Å². The first-order valence-electron chi connectivity index (χ1n) is 5.74. The van der Waals surface area contributed by atoms with E-state index in [0.717, 1.165) is 23.5 Å². The fourth-order valence-corrected chi connectivity index (χ4v) is 1.74. The number of aromatic nitrogens is 4. The van der Waals surface area contributed by atoms with Crippen molar-refractivity contribution < 1.29 is 0 Å². The molecule has 0 aliphatic rings. The lowest BCUT2D eigenvalue weighted by Crippen LogP contribution is -2.12. The summed E-state index contributed by atoms with van der Waals surface area (Å²) in [5, 5.41) is 7.59. The summed E-state index contributed by atoms with van der Waals surface area (Å²) in [5.74, 6) is 6.40. The molecule has 2 heterocycles. The molecule has 0 saturated carbocycles. The molecule has 4 N–H and O–H groups in total. The van der Waals surface area contributed by atoms with Gasteiger partial charge in [-0.25, -0.2) is 10.8 Å². The maximum absolute atomic E-state index is 5.32. The van der Waals surface area contributed by atoms with E-state index < -0.39 is 0 Å². The normalized spacial score (nSPS) is 10.4. The smallest absolute Gasteiger partial charge is 0.239 e. The van der Waals surface area contributed by atoms with Gasteiger partial charge in [0.1, 0.15) is 5.82 Å². The lowest BCUT2D eigenvalue weighted by molar-refractivity contribution is 0.746. The van der Waals surface area contributed by atoms with Gasteiger partial charge in [0.15, 0.2) is 0 Å². The lowest BCUT2D eigenvalue weighted by atomic mass is 10.3. The van der Waals surface area contributed by atoms with E-state index in [0.29, 0.717) is 11.8 Å². The molecule has 0 saturated heterocycles. The Morgan fingerprint density at radius 1 is 1.39 bits per heavy atom. The third kappa shape index (κ3) is 2.57. The second kappa shape index (κ2) is 5.01. The van der Waals surface area contributed by atoms with Crippen LogP contribution in [0.15, 0.2) is 12.3 Å². The summed E-state index contributed by atoms with van der Waals surface area (Å²) in [4.78, 5) is 8.37. The predicted octanol–water partition coefficient (Wildman–Crippen LogP) is 1.11. The molecule has 0 aliphatic heterocycles. The van der Waals surface area contributed by atoms with E-state index in [4.69, 9.17) is 5.84 Å². The molecule has 0 aromatic carbocycles. The van der Waals surface area contributed by atoms with Crippen molar-refractivity contribution in [2.45, 2.75) is 20.3 Å². The van der Waals surface area contributed by atoms with Gasteiger partial charge in [0.2, 0.25) is 5.95 Å². The van der Waals surface area contributed by atoms with Gasteiger partial charge in [0, 0.05) is 25.0 Å². The quantitative estimate of drug-likeness (QED) is 0.553. The molecule has 0 unspecified atom stereocenters. The number of hydrazine groups is 1. The topological polar surface area (TPSA) is 93.7 Å². The Hall–Kier alpha value is -2.15. The maximum atomic E-state index is 5.32. The van der Waals surface area contributed by atoms with Crippen LogP contribution in [0.4, 0.5) is 17.5 Å². The molecule has 0 amide bonds. The molecule has 96 valence electrons. The van der Waals surface area contributed by atoms with Crippen molar-refractivity contribution in [1.82, 2.24) is 19.7 Å². The van der Waals surface area contributed by atoms with Crippen LogP contribution in [0.2, 0.25) is 0 Å². The highest BCUT2D eigenvalue weighted by atomic mass is 15.3. The molecule has 0 aliphatic carbocycles. The minimum Gasteiger partial charge on any atom is -0.337 e. The fourth-order valence-electron chi connectivity index (χ4n) is 1.74. The Labute approximate surface area is 105 Å². The van der Waals surface area contributed by atoms with E-state index >= 15 is 0 Å². The first-order valence-corrected chi connectivity index (χ1v) is 5.74. The number of hydrogen-bond acceptors (Lipinski definition) is 6. The minimum atomic E-state index is 0.388. The molecule has 2 rings (SSSR count). The van der Waals surface area contributed by atoms with E-state index in [-0.39, 0.29) is 0 Å². The van der Waals surface area contributed by atoms with Crippen LogP contribution in [0, 0.1) is 6.92 Å². The Bertz CT molecular complexity index is 546. The molecule has 0 radical (unpaired) electrons. The highest BCUT2D eigenvalue weighted by Crippen LogP contribution is 2.20. The number of nitrogens with zero attached hydrogens (tertiary/aromatic N) is 4. The first-order chi connectivity index (χ1) is 8.62. The molecule has 0 spiro atoms. The SMILES string of the molecule is CCc1nn(C)cc1Nc1cc(C)nc(NN)n1. The number of anilines is 3. The lowest BCUT2D eigenvalue weighted by Gasteiger charge is -2.07. The zero-order valence-corrected chi connectivity index (χ0v) is 10.7. The van der Waals surface area contributed by atoms with Gasteiger partial charge in [-0.3, -0.25) is 10.1 Å². The number of hydrogen-bond donors (Lipinski definition) is 3. The molecular weight excluding hydrogens is 230 g/mol. The van der Waals surface area contributed by atoms with Crippen molar-refractivity contribution in [3.05, 3.63) is 23.7 Å². The van der Waals surface area contributed by atoms with E-state index in [1.54, 1.807) is 4.68 Å². The highest BCUT2D eigenvalue weighted by molar-refractivity contribution is 5.59. The van der Waals surface area contributed by atoms with E-state index in [1.165, 1.54) is 0 Å². The Balaban J connectivity index is 2.30. The summed E-state index contributed by atoms with van der Waals surface area (Å²) in [6.45, 7) is 3.95. The van der Waals surface area contributed by atoms with Crippen LogP contribution in [0.1, 0.15) is 18.3 Å². The van der Waals surface area contributed by atoms with E-state index in [2.05, 4.69) is 32.7 Å². The van der Waals surface area contributed by atoms with Crippen molar-refractivity contribution in [3.8, 4) is 0 Å². The predicted molar refractivity (Wildman–Crippen MR) is 70.4 cm³/mol. The van der Waals surface area contributed by atoms with Gasteiger partial charge in [-0.1, -0.05) is 6.92 Å². The van der Waals surface area contributed by atoms with Crippen LogP contribution >= 0.6 is 0 Å². The van der Waals surface area contributed by atoms with Gasteiger partial charge in [-0.2, -0.15) is 10.1 Å². The highest BCUT2D eigenvalue weighted by Gasteiger charge is 2.08. The van der Waals surface area contributed by atoms with Crippen molar-refractivity contribution >= 4 is 17.5 Å². The van der Waals surface area contributed by atoms with Crippen molar-refractivity contribution in [1.29, 1.82) is 0 Å². The average Bonchev–Trinajstić information content (AvgIpc) is 2.68. The molecule has 2 aromatic heterocycles. The number of rotatable bonds is 4. The van der Waals surface area contributed by atoms with Gasteiger partial charge in [0.05, 0.1) is 11.4 Å². The standard InChI is InChI=1S/C11H17N7/c1-4-8-9(6-18(3)17-8)14-10-5-7(2)13-11(15-10)16-12/h5-6H,4,12H2,1-3H3,(H2,13,14,15,16). The summed E-state index contributed by atoms with van der Waals surface area (Å²) in [6, 6.07) is 1.85. The molecule has 0 bridgehead atoms. The summed E-state index contributed by atoms with van der Waals surface area (Å²) >= 11 is 0. The van der Waals surface area contributed by atoms with Gasteiger partial charge in [-0.15, -0.1) is 0 Å². The minimum absolute atomic E-state index is 0.388. The van der Waals surface area contributed by atoms with Gasteiger partial charge < -0.3 is 5.32 Å². The Morgan fingerprint density at radius 2 is 2.17 bits per heavy atom. The van der Waals surface area contributed by atoms with Crippen LogP contribution in [-0.4, -0.2) is 19.7 Å². The summed E-state index contributed by atoms with van der Waals surface area (Å²) < 4.78 is 1.78. The first kappa shape index (κ1) is 12.3. The second-order valence-electron chi connectivity index (χ2n) is 4.00. The monoisotopic (exact) mass is 247 g/mol. The molecule has 0 fully saturated rings. The number of nitrogen functional groups attached to an aromatic ring is 1. The van der Waals surface area contributed by atoms with E-state index in [1.807, 2.05) is 26.2 Å². The largest absolute Gasteiger partial charge is 0.337 e. The van der Waals surface area contributed by atoms with Crippen molar-refractivity contribution in [2.24, 2.45) is 12.9 Å². The van der Waals surface area contributed by atoms with Crippen LogP contribution in [0.25, 0.3) is 0 Å². The van der Waals surface area contributed by atoms with Crippen molar-refractivity contribution in [3.63, 3.8) is 0 Å². The summed E-state index contributed by atoms with van der Waals surface area (Å²) in [5.41, 5.74) is 5.22. The number of nitrogens with one attached hydrogen (secondary N) is 2. The third-order valence-corrected chi connectivity index (χ3v) is 2.49. The second-order valence-corrected chi connectivity index (χ2v) is 4.00. The van der Waals surface area contributed by atoms with Gasteiger partial charge >= 0.3 is 0 Å². The Morgan fingerprint density at radius 3 is 2.83 bits per heavy atom. The van der Waals surface area contributed by atoms with Crippen LogP contribution in [0.5, 0.6) is 0 Å². The van der Waals surface area contributed by atoms with Crippen LogP contribution in [0.3, 0.4) is 0 Å².